The molecule has 0 spiro atoms. The number of halogens is 2. The predicted octanol–water partition coefficient (Wildman–Crippen LogP) is 4.13. The summed E-state index contributed by atoms with van der Waals surface area (Å²) in [5.74, 6) is -0.236. The number of pyridine rings is 2. The van der Waals surface area contributed by atoms with Gasteiger partial charge in [0.05, 0.1) is 23.4 Å². The molecule has 2 N–H and O–H groups in total. The minimum Gasteiger partial charge on any atom is -0.394 e. The second kappa shape index (κ2) is 9.25. The molecule has 1 atom stereocenters. The first-order valence-corrected chi connectivity index (χ1v) is 10.1. The first kappa shape index (κ1) is 21.6. The molecule has 0 bridgehead atoms. The zero-order valence-electron chi connectivity index (χ0n) is 17.0. The Kier molecular flexibility index (Phi) is 6.25. The maximum atomic E-state index is 13.9. The van der Waals surface area contributed by atoms with Crippen LogP contribution in [-0.2, 0) is 0 Å². The number of hydrogen-bond acceptors (Lipinski definition) is 6. The number of nitrogens with one attached hydrogen (secondary N) is 1. The van der Waals surface area contributed by atoms with E-state index in [1.807, 2.05) is 13.0 Å². The third-order valence-corrected chi connectivity index (χ3v) is 5.20. The SMILES string of the molecule is Cc1cc(Nc2nccc(-c3ccn([C@H](CO)c4ccc(Cl)c(F)c4)c(=O)c3)n2)ccn1. The average molecular weight is 452 g/mol. The molecule has 4 aromatic rings. The number of benzene rings is 1. The van der Waals surface area contributed by atoms with Gasteiger partial charge in [-0.25, -0.2) is 14.4 Å². The number of aromatic nitrogens is 4. The number of hydrogen-bond donors (Lipinski definition) is 2. The van der Waals surface area contributed by atoms with Crippen molar-refractivity contribution in [2.75, 3.05) is 11.9 Å². The van der Waals surface area contributed by atoms with Gasteiger partial charge in [-0.15, -0.1) is 0 Å². The van der Waals surface area contributed by atoms with Gasteiger partial charge < -0.3 is 15.0 Å². The van der Waals surface area contributed by atoms with Crippen LogP contribution in [0.5, 0.6) is 0 Å². The van der Waals surface area contributed by atoms with E-state index in [1.165, 1.54) is 22.8 Å². The monoisotopic (exact) mass is 451 g/mol. The van der Waals surface area contributed by atoms with Crippen LogP contribution >= 0.6 is 11.6 Å². The van der Waals surface area contributed by atoms with Gasteiger partial charge >= 0.3 is 0 Å². The average Bonchev–Trinajstić information content (AvgIpc) is 2.78. The fourth-order valence-corrected chi connectivity index (χ4v) is 3.43. The molecule has 0 aliphatic rings. The minimum atomic E-state index is -0.749. The summed E-state index contributed by atoms with van der Waals surface area (Å²) in [6.07, 6.45) is 4.83. The van der Waals surface area contributed by atoms with Crippen molar-refractivity contribution in [1.29, 1.82) is 0 Å². The van der Waals surface area contributed by atoms with Crippen LogP contribution in [0, 0.1) is 12.7 Å². The summed E-state index contributed by atoms with van der Waals surface area (Å²) in [6.45, 7) is 1.50. The summed E-state index contributed by atoms with van der Waals surface area (Å²) in [5.41, 5.74) is 2.86. The zero-order chi connectivity index (χ0) is 22.7. The van der Waals surface area contributed by atoms with E-state index in [0.29, 0.717) is 22.8 Å². The Balaban J connectivity index is 1.63. The zero-order valence-corrected chi connectivity index (χ0v) is 17.8. The number of anilines is 2. The highest BCUT2D eigenvalue weighted by atomic mass is 35.5. The van der Waals surface area contributed by atoms with Crippen LogP contribution in [0.1, 0.15) is 17.3 Å². The maximum Gasteiger partial charge on any atom is 0.251 e. The molecule has 3 heterocycles. The Morgan fingerprint density at radius 1 is 1.12 bits per heavy atom. The first-order chi connectivity index (χ1) is 15.4. The Bertz CT molecular complexity index is 1330. The smallest absolute Gasteiger partial charge is 0.251 e. The molecule has 9 heteroatoms. The van der Waals surface area contributed by atoms with E-state index in [4.69, 9.17) is 11.6 Å². The van der Waals surface area contributed by atoms with Crippen LogP contribution in [0.2, 0.25) is 5.02 Å². The van der Waals surface area contributed by atoms with Gasteiger partial charge in [-0.3, -0.25) is 9.78 Å². The lowest BCUT2D eigenvalue weighted by Gasteiger charge is -2.18. The van der Waals surface area contributed by atoms with Gasteiger partial charge in [-0.1, -0.05) is 17.7 Å². The van der Waals surface area contributed by atoms with Crippen molar-refractivity contribution in [3.63, 3.8) is 0 Å². The van der Waals surface area contributed by atoms with Crippen molar-refractivity contribution in [2.24, 2.45) is 0 Å². The molecule has 0 amide bonds. The molecule has 0 radical (unpaired) electrons. The van der Waals surface area contributed by atoms with E-state index in [0.717, 1.165) is 11.4 Å². The fraction of sp³-hybridized carbons (Fsp3) is 0.130. The van der Waals surface area contributed by atoms with Gasteiger partial charge in [0.15, 0.2) is 0 Å². The first-order valence-electron chi connectivity index (χ1n) is 9.75. The van der Waals surface area contributed by atoms with Crippen molar-refractivity contribution in [1.82, 2.24) is 19.5 Å². The van der Waals surface area contributed by atoms with Gasteiger partial charge in [0, 0.05) is 41.6 Å². The van der Waals surface area contributed by atoms with E-state index in [-0.39, 0.29) is 17.2 Å². The van der Waals surface area contributed by atoms with Crippen LogP contribution < -0.4 is 10.9 Å². The molecule has 0 aliphatic heterocycles. The van der Waals surface area contributed by atoms with E-state index in [9.17, 15) is 14.3 Å². The number of aliphatic hydroxyl groups is 1. The lowest BCUT2D eigenvalue weighted by atomic mass is 10.1. The van der Waals surface area contributed by atoms with Crippen molar-refractivity contribution >= 4 is 23.2 Å². The lowest BCUT2D eigenvalue weighted by molar-refractivity contribution is 0.247. The van der Waals surface area contributed by atoms with E-state index >= 15 is 0 Å². The Hall–Kier alpha value is -3.62. The summed E-state index contributed by atoms with van der Waals surface area (Å²) < 4.78 is 15.2. The standard InChI is InChI=1S/C23H19ClFN5O2/c1-14-10-17(4-7-26-14)28-23-27-8-5-20(29-23)15-6-9-30(22(32)12-15)21(13-31)16-2-3-18(24)19(25)11-16/h2-12,21,31H,13H2,1H3,(H,26,27,28,29)/t21-/m1/s1. The number of nitrogens with zero attached hydrogens (tertiary/aromatic N) is 4. The summed E-state index contributed by atoms with van der Waals surface area (Å²) >= 11 is 5.74. The molecule has 32 heavy (non-hydrogen) atoms. The predicted molar refractivity (Wildman–Crippen MR) is 121 cm³/mol. The number of rotatable bonds is 6. The normalized spacial score (nSPS) is 11.9. The highest BCUT2D eigenvalue weighted by Crippen LogP contribution is 2.23. The Morgan fingerprint density at radius 2 is 1.94 bits per heavy atom. The van der Waals surface area contributed by atoms with Crippen LogP contribution in [0.25, 0.3) is 11.3 Å². The highest BCUT2D eigenvalue weighted by Gasteiger charge is 2.16. The third kappa shape index (κ3) is 4.66. The summed E-state index contributed by atoms with van der Waals surface area (Å²) in [7, 11) is 0. The van der Waals surface area contributed by atoms with Gasteiger partial charge in [0.2, 0.25) is 5.95 Å². The molecule has 4 rings (SSSR count). The van der Waals surface area contributed by atoms with Gasteiger partial charge in [0.25, 0.3) is 5.56 Å². The summed E-state index contributed by atoms with van der Waals surface area (Å²) in [6, 6.07) is 11.9. The topological polar surface area (TPSA) is 92.9 Å². The van der Waals surface area contributed by atoms with E-state index in [1.54, 1.807) is 42.9 Å². The van der Waals surface area contributed by atoms with Gasteiger partial charge in [-0.05, 0) is 48.9 Å². The highest BCUT2D eigenvalue weighted by molar-refractivity contribution is 6.30. The van der Waals surface area contributed by atoms with Crippen molar-refractivity contribution in [3.8, 4) is 11.3 Å². The van der Waals surface area contributed by atoms with E-state index < -0.39 is 11.9 Å². The van der Waals surface area contributed by atoms with Crippen LogP contribution in [0.4, 0.5) is 16.0 Å². The molecule has 7 nitrogen and oxygen atoms in total. The third-order valence-electron chi connectivity index (χ3n) is 4.89. The van der Waals surface area contributed by atoms with Gasteiger partial charge in [-0.2, -0.15) is 0 Å². The second-order valence-corrected chi connectivity index (χ2v) is 7.52. The molecular weight excluding hydrogens is 433 g/mol. The molecule has 162 valence electrons. The van der Waals surface area contributed by atoms with Crippen molar-refractivity contribution < 1.29 is 9.50 Å². The van der Waals surface area contributed by atoms with Gasteiger partial charge in [0.1, 0.15) is 5.82 Å². The molecule has 1 aromatic carbocycles. The van der Waals surface area contributed by atoms with E-state index in [2.05, 4.69) is 20.3 Å². The molecule has 3 aromatic heterocycles. The number of aliphatic hydroxyl groups excluding tert-OH is 1. The second-order valence-electron chi connectivity index (χ2n) is 7.11. The van der Waals surface area contributed by atoms with Crippen LogP contribution in [0.15, 0.2) is 71.9 Å². The van der Waals surface area contributed by atoms with Crippen LogP contribution in [-0.4, -0.2) is 31.2 Å². The largest absolute Gasteiger partial charge is 0.394 e. The Morgan fingerprint density at radius 3 is 2.66 bits per heavy atom. The summed E-state index contributed by atoms with van der Waals surface area (Å²) in [5, 5.41) is 12.9. The molecule has 0 aliphatic carbocycles. The quantitative estimate of drug-likeness (QED) is 0.458. The molecule has 0 unspecified atom stereocenters. The molecule has 0 saturated heterocycles. The maximum absolute atomic E-state index is 13.9. The number of aryl methyl sites for hydroxylation is 1. The van der Waals surface area contributed by atoms with Crippen LogP contribution in [0.3, 0.4) is 0 Å². The Labute approximate surface area is 188 Å². The van der Waals surface area contributed by atoms with Crippen molar-refractivity contribution in [3.05, 3.63) is 99.6 Å². The molecule has 0 saturated carbocycles. The fourth-order valence-electron chi connectivity index (χ4n) is 3.31. The van der Waals surface area contributed by atoms with Crippen molar-refractivity contribution in [2.45, 2.75) is 13.0 Å². The lowest BCUT2D eigenvalue weighted by Crippen LogP contribution is -2.27. The minimum absolute atomic E-state index is 0.0248. The summed E-state index contributed by atoms with van der Waals surface area (Å²) in [4.78, 5) is 25.7. The molecule has 0 fully saturated rings. The molecular formula is C23H19ClFN5O2.